The zero-order valence-electron chi connectivity index (χ0n) is 11.6. The van der Waals surface area contributed by atoms with E-state index in [0.717, 1.165) is 6.42 Å². The van der Waals surface area contributed by atoms with Crippen LogP contribution >= 0.6 is 12.4 Å². The smallest absolute Gasteiger partial charge is 0.321 e. The molecule has 1 rings (SSSR count). The van der Waals surface area contributed by atoms with Gasteiger partial charge in [0, 0.05) is 19.1 Å². The first-order valence-electron chi connectivity index (χ1n) is 6.56. The van der Waals surface area contributed by atoms with E-state index in [0.29, 0.717) is 19.0 Å². The molecule has 7 heteroatoms. The zero-order chi connectivity index (χ0) is 13.5. The van der Waals surface area contributed by atoms with Crippen molar-refractivity contribution in [1.82, 2.24) is 15.5 Å². The van der Waals surface area contributed by atoms with Crippen molar-refractivity contribution in [2.75, 3.05) is 26.7 Å². The van der Waals surface area contributed by atoms with Crippen molar-refractivity contribution < 1.29 is 9.59 Å². The van der Waals surface area contributed by atoms with Crippen molar-refractivity contribution in [3.8, 4) is 0 Å². The molecule has 0 aromatic heterocycles. The molecule has 0 aromatic carbocycles. The number of carbonyl (C=O) groups excluding carboxylic acids is 2. The predicted molar refractivity (Wildman–Crippen MR) is 77.3 cm³/mol. The summed E-state index contributed by atoms with van der Waals surface area (Å²) in [6.07, 6.45) is 3.22. The van der Waals surface area contributed by atoms with E-state index in [1.807, 2.05) is 18.9 Å². The van der Waals surface area contributed by atoms with Gasteiger partial charge in [0.1, 0.15) is 0 Å². The Balaban J connectivity index is 0.00000324. The lowest BCUT2D eigenvalue weighted by Crippen LogP contribution is -2.48. The lowest BCUT2D eigenvalue weighted by atomic mass is 10.1. The number of halogens is 1. The fourth-order valence-corrected chi connectivity index (χ4v) is 2.01. The largest absolute Gasteiger partial charge is 0.338 e. The lowest BCUT2D eigenvalue weighted by molar-refractivity contribution is -0.121. The van der Waals surface area contributed by atoms with Crippen LogP contribution in [0, 0.1) is 5.92 Å². The van der Waals surface area contributed by atoms with E-state index in [-0.39, 0.29) is 30.9 Å². The van der Waals surface area contributed by atoms with Crippen molar-refractivity contribution in [2.24, 2.45) is 11.7 Å². The summed E-state index contributed by atoms with van der Waals surface area (Å²) in [6.45, 7) is 3.29. The van der Waals surface area contributed by atoms with Crippen LogP contribution in [0.15, 0.2) is 0 Å². The zero-order valence-corrected chi connectivity index (χ0v) is 12.5. The van der Waals surface area contributed by atoms with Crippen LogP contribution in [0.5, 0.6) is 0 Å². The molecule has 1 atom stereocenters. The summed E-state index contributed by atoms with van der Waals surface area (Å²) >= 11 is 0. The third-order valence-electron chi connectivity index (χ3n) is 3.16. The van der Waals surface area contributed by atoms with E-state index in [2.05, 4.69) is 10.6 Å². The number of amides is 3. The summed E-state index contributed by atoms with van der Waals surface area (Å²) < 4.78 is 0. The van der Waals surface area contributed by atoms with Gasteiger partial charge in [0.05, 0.1) is 6.54 Å². The Kier molecular flexibility index (Phi) is 8.71. The fourth-order valence-electron chi connectivity index (χ4n) is 2.01. The number of nitrogens with one attached hydrogen (secondary N) is 2. The first kappa shape index (κ1) is 18.1. The van der Waals surface area contributed by atoms with Gasteiger partial charge in [0.25, 0.3) is 0 Å². The van der Waals surface area contributed by atoms with Gasteiger partial charge in [0.15, 0.2) is 0 Å². The minimum Gasteiger partial charge on any atom is -0.338 e. The average molecular weight is 293 g/mol. The lowest BCUT2D eigenvalue weighted by Gasteiger charge is -2.26. The van der Waals surface area contributed by atoms with Gasteiger partial charge in [-0.3, -0.25) is 15.0 Å². The van der Waals surface area contributed by atoms with Gasteiger partial charge in [-0.15, -0.1) is 12.4 Å². The predicted octanol–water partition coefficient (Wildman–Crippen LogP) is 0.313. The second kappa shape index (κ2) is 9.12. The summed E-state index contributed by atoms with van der Waals surface area (Å²) in [4.78, 5) is 24.9. The molecule has 0 bridgehead atoms. The van der Waals surface area contributed by atoms with Gasteiger partial charge in [-0.1, -0.05) is 6.92 Å². The molecule has 0 radical (unpaired) electrons. The number of likely N-dealkylation sites (N-methyl/N-ethyl adjacent to an activating group) is 1. The molecule has 1 saturated carbocycles. The molecule has 19 heavy (non-hydrogen) atoms. The van der Waals surface area contributed by atoms with Crippen molar-refractivity contribution in [3.63, 3.8) is 0 Å². The van der Waals surface area contributed by atoms with E-state index >= 15 is 0 Å². The molecule has 0 aliphatic heterocycles. The number of nitrogens with two attached hydrogens (primary N) is 1. The first-order valence-corrected chi connectivity index (χ1v) is 6.56. The molecule has 0 spiro atoms. The first-order chi connectivity index (χ1) is 8.58. The van der Waals surface area contributed by atoms with Crippen LogP contribution in [0.25, 0.3) is 0 Å². The minimum absolute atomic E-state index is 0. The van der Waals surface area contributed by atoms with E-state index in [4.69, 9.17) is 5.73 Å². The molecule has 3 amide bonds. The summed E-state index contributed by atoms with van der Waals surface area (Å²) in [5.41, 5.74) is 5.70. The fraction of sp³-hybridized carbons (Fsp3) is 0.833. The highest BCUT2D eigenvalue weighted by atomic mass is 35.5. The van der Waals surface area contributed by atoms with Crippen LogP contribution < -0.4 is 16.4 Å². The summed E-state index contributed by atoms with van der Waals surface area (Å²) in [5.74, 6) is 0.326. The summed E-state index contributed by atoms with van der Waals surface area (Å²) in [5, 5.41) is 4.91. The van der Waals surface area contributed by atoms with Gasteiger partial charge < -0.3 is 11.1 Å². The van der Waals surface area contributed by atoms with E-state index in [1.165, 1.54) is 12.8 Å². The molecule has 1 unspecified atom stereocenters. The van der Waals surface area contributed by atoms with Crippen LogP contribution in [0.2, 0.25) is 0 Å². The van der Waals surface area contributed by atoms with Crippen molar-refractivity contribution in [3.05, 3.63) is 0 Å². The average Bonchev–Trinajstić information content (AvgIpc) is 3.11. The highest BCUT2D eigenvalue weighted by Gasteiger charge is 2.33. The molecule has 0 aromatic rings. The Hall–Kier alpha value is -0.850. The molecule has 112 valence electrons. The Labute approximate surface area is 120 Å². The monoisotopic (exact) mass is 292 g/mol. The van der Waals surface area contributed by atoms with Crippen LogP contribution in [-0.4, -0.2) is 49.6 Å². The van der Waals surface area contributed by atoms with Gasteiger partial charge in [-0.05, 0) is 32.2 Å². The molecule has 4 N–H and O–H groups in total. The number of imide groups is 1. The number of carbonyl (C=O) groups is 2. The molecular weight excluding hydrogens is 268 g/mol. The maximum atomic E-state index is 11.6. The number of urea groups is 1. The van der Waals surface area contributed by atoms with Crippen molar-refractivity contribution in [1.29, 1.82) is 0 Å². The molecule has 0 heterocycles. The SMILES string of the molecule is CCCNC(=O)NC(=O)CN(C)C(CN)C1CC1.Cl. The number of hydrogen-bond donors (Lipinski definition) is 3. The maximum absolute atomic E-state index is 11.6. The van der Waals surface area contributed by atoms with Gasteiger partial charge in [0.2, 0.25) is 5.91 Å². The molecule has 1 fully saturated rings. The molecule has 0 saturated heterocycles. The summed E-state index contributed by atoms with van der Waals surface area (Å²) in [7, 11) is 1.87. The van der Waals surface area contributed by atoms with Gasteiger partial charge in [-0.25, -0.2) is 4.79 Å². The van der Waals surface area contributed by atoms with Crippen LogP contribution in [-0.2, 0) is 4.79 Å². The van der Waals surface area contributed by atoms with Crippen molar-refractivity contribution in [2.45, 2.75) is 32.2 Å². The second-order valence-corrected chi connectivity index (χ2v) is 4.86. The number of rotatable bonds is 7. The highest BCUT2D eigenvalue weighted by Crippen LogP contribution is 2.34. The molecule has 1 aliphatic rings. The Bertz CT molecular complexity index is 297. The highest BCUT2D eigenvalue weighted by molar-refractivity contribution is 5.95. The molecular formula is C12H25ClN4O2. The van der Waals surface area contributed by atoms with Gasteiger partial charge >= 0.3 is 6.03 Å². The minimum atomic E-state index is -0.425. The Morgan fingerprint density at radius 3 is 2.53 bits per heavy atom. The van der Waals surface area contributed by atoms with E-state index in [1.54, 1.807) is 0 Å². The van der Waals surface area contributed by atoms with E-state index < -0.39 is 6.03 Å². The standard InChI is InChI=1S/C12H24N4O2.ClH/c1-3-6-14-12(18)15-11(17)8-16(2)10(7-13)9-4-5-9;/h9-10H,3-8,13H2,1-2H3,(H2,14,15,17,18);1H. The Morgan fingerprint density at radius 2 is 2.05 bits per heavy atom. The normalized spacial score (nSPS) is 15.6. The molecule has 6 nitrogen and oxygen atoms in total. The third kappa shape index (κ3) is 6.75. The second-order valence-electron chi connectivity index (χ2n) is 4.86. The topological polar surface area (TPSA) is 87.5 Å². The number of hydrogen-bond acceptors (Lipinski definition) is 4. The van der Waals surface area contributed by atoms with Crippen LogP contribution in [0.3, 0.4) is 0 Å². The third-order valence-corrected chi connectivity index (χ3v) is 3.16. The number of nitrogens with zero attached hydrogens (tertiary/aromatic N) is 1. The van der Waals surface area contributed by atoms with Crippen LogP contribution in [0.1, 0.15) is 26.2 Å². The quantitative estimate of drug-likeness (QED) is 0.630. The van der Waals surface area contributed by atoms with Crippen molar-refractivity contribution >= 4 is 24.3 Å². The van der Waals surface area contributed by atoms with Crippen LogP contribution in [0.4, 0.5) is 4.79 Å². The molecule has 1 aliphatic carbocycles. The maximum Gasteiger partial charge on any atom is 0.321 e. The van der Waals surface area contributed by atoms with Gasteiger partial charge in [-0.2, -0.15) is 0 Å². The van der Waals surface area contributed by atoms with E-state index in [9.17, 15) is 9.59 Å². The summed E-state index contributed by atoms with van der Waals surface area (Å²) in [6, 6.07) is -0.180. The Morgan fingerprint density at radius 1 is 1.42 bits per heavy atom.